The van der Waals surface area contributed by atoms with Crippen LogP contribution < -0.4 is 5.32 Å². The summed E-state index contributed by atoms with van der Waals surface area (Å²) >= 11 is 6.21. The van der Waals surface area contributed by atoms with E-state index in [-0.39, 0.29) is 31.3 Å². The number of aromatic nitrogens is 2. The van der Waals surface area contributed by atoms with Gasteiger partial charge in [0, 0.05) is 29.0 Å². The van der Waals surface area contributed by atoms with Crippen LogP contribution in [0, 0.1) is 0 Å². The summed E-state index contributed by atoms with van der Waals surface area (Å²) in [5.74, 6) is -0.179. The molecule has 0 radical (unpaired) electrons. The number of imidazole rings is 1. The summed E-state index contributed by atoms with van der Waals surface area (Å²) in [6, 6.07) is 26.4. The van der Waals surface area contributed by atoms with Crippen LogP contribution in [0.4, 0.5) is 5.95 Å². The van der Waals surface area contributed by atoms with Crippen molar-refractivity contribution >= 4 is 29.4 Å². The van der Waals surface area contributed by atoms with Gasteiger partial charge in [0.25, 0.3) is 0 Å². The Labute approximate surface area is 209 Å². The molecule has 1 N–H and O–H groups in total. The van der Waals surface area contributed by atoms with Gasteiger partial charge in [-0.25, -0.2) is 4.98 Å². The van der Waals surface area contributed by atoms with Crippen LogP contribution in [0.25, 0.3) is 16.9 Å². The monoisotopic (exact) mass is 484 g/mol. The molecular weight excluding hydrogens is 460 g/mol. The van der Waals surface area contributed by atoms with Gasteiger partial charge in [-0.3, -0.25) is 19.5 Å². The maximum atomic E-state index is 13.0. The van der Waals surface area contributed by atoms with Gasteiger partial charge in [0.05, 0.1) is 12.1 Å². The number of halogens is 1. The van der Waals surface area contributed by atoms with Gasteiger partial charge in [-0.2, -0.15) is 0 Å². The first kappa shape index (κ1) is 24.0. The highest BCUT2D eigenvalue weighted by atomic mass is 35.5. The minimum Gasteiger partial charge on any atom is -0.329 e. The number of carbonyl (C=O) groups is 2. The molecule has 0 aliphatic carbocycles. The number of hydrogen-bond acceptors (Lipinski definition) is 3. The number of nitrogens with one attached hydrogen (secondary N) is 1. The number of nitrogens with zero attached hydrogens (tertiary/aromatic N) is 3. The molecule has 1 heterocycles. The lowest BCUT2D eigenvalue weighted by Gasteiger charge is -2.21. The Morgan fingerprint density at radius 1 is 1.00 bits per heavy atom. The number of hydrogen-bond donors (Lipinski definition) is 1. The van der Waals surface area contributed by atoms with Crippen molar-refractivity contribution in [1.29, 1.82) is 0 Å². The van der Waals surface area contributed by atoms with E-state index in [0.29, 0.717) is 16.7 Å². The van der Waals surface area contributed by atoms with Crippen molar-refractivity contribution in [3.63, 3.8) is 0 Å². The summed E-state index contributed by atoms with van der Waals surface area (Å²) in [7, 11) is 0. The molecular formula is C28H25ClN4O2. The highest BCUT2D eigenvalue weighted by molar-refractivity contribution is 6.30. The molecule has 3 aromatic carbocycles. The third-order valence-corrected chi connectivity index (χ3v) is 5.58. The minimum atomic E-state index is -0.359. The molecule has 0 atom stereocenters. The third-order valence-electron chi connectivity index (χ3n) is 5.35. The molecule has 35 heavy (non-hydrogen) atoms. The molecule has 0 aliphatic rings. The number of amides is 2. The van der Waals surface area contributed by atoms with Crippen LogP contribution in [-0.4, -0.2) is 39.4 Å². The summed E-state index contributed by atoms with van der Waals surface area (Å²) in [5.41, 5.74) is 3.25. The van der Waals surface area contributed by atoms with Crippen LogP contribution in [0.3, 0.4) is 0 Å². The van der Waals surface area contributed by atoms with Gasteiger partial charge >= 0.3 is 0 Å². The molecule has 2 amide bonds. The molecule has 0 aliphatic heterocycles. The topological polar surface area (TPSA) is 67.2 Å². The largest absolute Gasteiger partial charge is 0.329 e. The Balaban J connectivity index is 1.56. The van der Waals surface area contributed by atoms with E-state index in [9.17, 15) is 9.59 Å². The van der Waals surface area contributed by atoms with Gasteiger partial charge in [-0.1, -0.05) is 84.4 Å². The molecule has 4 aromatic rings. The molecule has 0 unspecified atom stereocenters. The van der Waals surface area contributed by atoms with Gasteiger partial charge in [0.2, 0.25) is 17.8 Å². The summed E-state index contributed by atoms with van der Waals surface area (Å²) < 4.78 is 1.77. The zero-order valence-electron chi connectivity index (χ0n) is 19.1. The molecule has 0 bridgehead atoms. The third kappa shape index (κ3) is 6.25. The van der Waals surface area contributed by atoms with Crippen molar-refractivity contribution in [3.8, 4) is 16.9 Å². The predicted molar refractivity (Wildman–Crippen MR) is 140 cm³/mol. The van der Waals surface area contributed by atoms with Crippen molar-refractivity contribution in [2.45, 2.75) is 6.42 Å². The average Bonchev–Trinajstić information content (AvgIpc) is 3.28. The molecule has 7 heteroatoms. The van der Waals surface area contributed by atoms with Gasteiger partial charge in [-0.15, -0.1) is 6.58 Å². The first-order chi connectivity index (χ1) is 17.0. The van der Waals surface area contributed by atoms with Crippen LogP contribution in [0.1, 0.15) is 5.56 Å². The first-order valence-corrected chi connectivity index (χ1v) is 11.5. The Morgan fingerprint density at radius 3 is 2.40 bits per heavy atom. The van der Waals surface area contributed by atoms with Crippen molar-refractivity contribution in [2.75, 3.05) is 18.4 Å². The zero-order chi connectivity index (χ0) is 24.6. The maximum Gasteiger partial charge on any atom is 0.246 e. The van der Waals surface area contributed by atoms with Crippen LogP contribution in [0.15, 0.2) is 104 Å². The van der Waals surface area contributed by atoms with E-state index in [4.69, 9.17) is 11.6 Å². The van der Waals surface area contributed by atoms with Gasteiger partial charge in [-0.05, 0) is 23.8 Å². The fraction of sp³-hybridized carbons (Fsp3) is 0.107. The fourth-order valence-corrected chi connectivity index (χ4v) is 3.85. The second-order valence-electron chi connectivity index (χ2n) is 7.94. The lowest BCUT2D eigenvalue weighted by molar-refractivity contribution is -0.133. The minimum absolute atomic E-state index is 0.124. The fourth-order valence-electron chi connectivity index (χ4n) is 3.67. The van der Waals surface area contributed by atoms with E-state index in [1.807, 2.05) is 79.0 Å². The summed E-state index contributed by atoms with van der Waals surface area (Å²) in [6.45, 7) is 3.86. The lowest BCUT2D eigenvalue weighted by Crippen LogP contribution is -2.39. The van der Waals surface area contributed by atoms with Crippen molar-refractivity contribution < 1.29 is 9.59 Å². The maximum absolute atomic E-state index is 13.0. The quantitative estimate of drug-likeness (QED) is 0.324. The molecule has 4 rings (SSSR count). The molecule has 0 saturated heterocycles. The summed E-state index contributed by atoms with van der Waals surface area (Å²) in [5, 5.41) is 3.44. The second kappa shape index (κ2) is 11.3. The highest BCUT2D eigenvalue weighted by Crippen LogP contribution is 2.25. The van der Waals surface area contributed by atoms with Gasteiger partial charge in [0.15, 0.2) is 0 Å². The smallest absolute Gasteiger partial charge is 0.246 e. The zero-order valence-corrected chi connectivity index (χ0v) is 19.9. The molecule has 0 spiro atoms. The van der Waals surface area contributed by atoms with Gasteiger partial charge in [0.1, 0.15) is 6.54 Å². The van der Waals surface area contributed by atoms with E-state index in [1.54, 1.807) is 22.8 Å². The van der Waals surface area contributed by atoms with Crippen molar-refractivity contribution in [3.05, 3.63) is 114 Å². The number of carbonyl (C=O) groups excluding carboxylic acids is 2. The van der Waals surface area contributed by atoms with E-state index in [2.05, 4.69) is 16.9 Å². The molecule has 0 fully saturated rings. The summed E-state index contributed by atoms with van der Waals surface area (Å²) in [4.78, 5) is 32.0. The molecule has 176 valence electrons. The van der Waals surface area contributed by atoms with Crippen molar-refractivity contribution in [1.82, 2.24) is 14.5 Å². The lowest BCUT2D eigenvalue weighted by atomic mass is 10.1. The first-order valence-electron chi connectivity index (χ1n) is 11.2. The predicted octanol–water partition coefficient (Wildman–Crippen LogP) is 5.39. The Hall–Kier alpha value is -4.16. The van der Waals surface area contributed by atoms with Crippen LogP contribution >= 0.6 is 11.6 Å². The Bertz CT molecular complexity index is 1320. The number of benzene rings is 3. The highest BCUT2D eigenvalue weighted by Gasteiger charge is 2.19. The molecule has 6 nitrogen and oxygen atoms in total. The van der Waals surface area contributed by atoms with Crippen LogP contribution in [0.2, 0.25) is 5.02 Å². The molecule has 1 aromatic heterocycles. The average molecular weight is 485 g/mol. The van der Waals surface area contributed by atoms with E-state index in [0.717, 1.165) is 16.8 Å². The Morgan fingerprint density at radius 2 is 1.71 bits per heavy atom. The van der Waals surface area contributed by atoms with Gasteiger partial charge < -0.3 is 4.90 Å². The normalized spacial score (nSPS) is 10.5. The Kier molecular flexibility index (Phi) is 7.75. The standard InChI is InChI=1S/C28H25ClN4O2/c1-2-16-32(27(35)17-21-10-5-3-6-11-21)20-26(34)31-28-30-25(22-12-7-4-8-13-22)19-33(28)24-15-9-14-23(29)18-24/h2-15,18-19H,1,16-17,20H2,(H,30,31,34). The number of rotatable bonds is 9. The molecule has 0 saturated carbocycles. The summed E-state index contributed by atoms with van der Waals surface area (Å²) in [6.07, 6.45) is 3.66. The van der Waals surface area contributed by atoms with Crippen LogP contribution in [-0.2, 0) is 16.0 Å². The van der Waals surface area contributed by atoms with Crippen molar-refractivity contribution in [2.24, 2.45) is 0 Å². The second-order valence-corrected chi connectivity index (χ2v) is 8.38. The van der Waals surface area contributed by atoms with E-state index >= 15 is 0 Å². The number of anilines is 1. The SMILES string of the molecule is C=CCN(CC(=O)Nc1nc(-c2ccccc2)cn1-c1cccc(Cl)c1)C(=O)Cc1ccccc1. The van der Waals surface area contributed by atoms with E-state index < -0.39 is 0 Å². The van der Waals surface area contributed by atoms with Crippen LogP contribution in [0.5, 0.6) is 0 Å². The van der Waals surface area contributed by atoms with E-state index in [1.165, 1.54) is 4.90 Å².